The maximum atomic E-state index is 13.3. The quantitative estimate of drug-likeness (QED) is 0.824. The molecule has 6 heteroatoms. The van der Waals surface area contributed by atoms with E-state index in [0.717, 1.165) is 30.0 Å². The monoisotopic (exact) mass is 289 g/mol. The summed E-state index contributed by atoms with van der Waals surface area (Å²) in [5.41, 5.74) is 5.94. The van der Waals surface area contributed by atoms with Gasteiger partial charge in [0.05, 0.1) is 5.02 Å². The summed E-state index contributed by atoms with van der Waals surface area (Å²) >= 11 is 6.59. The van der Waals surface area contributed by atoms with Crippen molar-refractivity contribution in [2.45, 2.75) is 9.79 Å². The summed E-state index contributed by atoms with van der Waals surface area (Å²) in [5, 5.41) is -0.0814. The second-order valence-electron chi connectivity index (χ2n) is 3.48. The van der Waals surface area contributed by atoms with Crippen LogP contribution in [-0.4, -0.2) is 0 Å². The van der Waals surface area contributed by atoms with Gasteiger partial charge < -0.3 is 5.73 Å². The van der Waals surface area contributed by atoms with Gasteiger partial charge in [0.2, 0.25) is 0 Å². The van der Waals surface area contributed by atoms with Crippen LogP contribution in [0.2, 0.25) is 5.02 Å². The topological polar surface area (TPSA) is 26.0 Å². The van der Waals surface area contributed by atoms with E-state index in [1.165, 1.54) is 12.1 Å². The van der Waals surface area contributed by atoms with Gasteiger partial charge in [-0.25, -0.2) is 13.2 Å². The highest BCUT2D eigenvalue weighted by molar-refractivity contribution is 7.99. The zero-order valence-electron chi connectivity index (χ0n) is 8.88. The lowest BCUT2D eigenvalue weighted by Gasteiger charge is -2.07. The van der Waals surface area contributed by atoms with Gasteiger partial charge in [-0.3, -0.25) is 0 Å². The Kier molecular flexibility index (Phi) is 3.73. The molecule has 94 valence electrons. The van der Waals surface area contributed by atoms with Gasteiger partial charge >= 0.3 is 0 Å². The molecule has 0 amide bonds. The first-order valence-electron chi connectivity index (χ1n) is 4.85. The van der Waals surface area contributed by atoms with E-state index in [0.29, 0.717) is 9.79 Å². The lowest BCUT2D eigenvalue weighted by atomic mass is 10.3. The van der Waals surface area contributed by atoms with Crippen LogP contribution in [0, 0.1) is 17.5 Å². The molecule has 0 aliphatic carbocycles. The fourth-order valence-corrected chi connectivity index (χ4v) is 2.36. The lowest BCUT2D eigenvalue weighted by molar-refractivity contribution is 0.506. The van der Waals surface area contributed by atoms with E-state index in [-0.39, 0.29) is 10.7 Å². The minimum Gasteiger partial charge on any atom is -0.398 e. The van der Waals surface area contributed by atoms with Crippen LogP contribution >= 0.6 is 23.4 Å². The third-order valence-corrected chi connectivity index (χ3v) is 3.52. The molecule has 0 fully saturated rings. The smallest absolute Gasteiger partial charge is 0.159 e. The van der Waals surface area contributed by atoms with E-state index in [4.69, 9.17) is 17.3 Å². The number of benzene rings is 2. The molecule has 0 saturated carbocycles. The Morgan fingerprint density at radius 1 is 0.944 bits per heavy atom. The zero-order valence-corrected chi connectivity index (χ0v) is 10.5. The number of anilines is 1. The molecule has 0 unspecified atom stereocenters. The van der Waals surface area contributed by atoms with Gasteiger partial charge in [0.25, 0.3) is 0 Å². The number of nitrogen functional groups attached to an aromatic ring is 1. The van der Waals surface area contributed by atoms with Crippen molar-refractivity contribution in [3.63, 3.8) is 0 Å². The van der Waals surface area contributed by atoms with Crippen molar-refractivity contribution in [3.05, 3.63) is 52.8 Å². The van der Waals surface area contributed by atoms with Crippen LogP contribution in [0.5, 0.6) is 0 Å². The highest BCUT2D eigenvalue weighted by Gasteiger charge is 2.09. The largest absolute Gasteiger partial charge is 0.398 e. The van der Waals surface area contributed by atoms with Crippen molar-refractivity contribution in [2.75, 3.05) is 5.73 Å². The second-order valence-corrected chi connectivity index (χ2v) is 5.00. The van der Waals surface area contributed by atoms with Gasteiger partial charge in [0.15, 0.2) is 11.6 Å². The Bertz CT molecular complexity index is 604. The maximum absolute atomic E-state index is 13.3. The molecule has 0 saturated heterocycles. The summed E-state index contributed by atoms with van der Waals surface area (Å²) < 4.78 is 39.0. The van der Waals surface area contributed by atoms with Crippen molar-refractivity contribution in [1.29, 1.82) is 0 Å². The van der Waals surface area contributed by atoms with E-state index < -0.39 is 17.5 Å². The molecule has 0 aliphatic heterocycles. The molecule has 2 rings (SSSR count). The Morgan fingerprint density at radius 3 is 2.33 bits per heavy atom. The van der Waals surface area contributed by atoms with Gasteiger partial charge in [0, 0.05) is 15.5 Å². The Balaban J connectivity index is 2.34. The van der Waals surface area contributed by atoms with Crippen molar-refractivity contribution in [3.8, 4) is 0 Å². The van der Waals surface area contributed by atoms with Gasteiger partial charge in [-0.05, 0) is 30.3 Å². The average Bonchev–Trinajstić information content (AvgIpc) is 2.31. The van der Waals surface area contributed by atoms with Crippen molar-refractivity contribution < 1.29 is 13.2 Å². The van der Waals surface area contributed by atoms with Gasteiger partial charge in [-0.1, -0.05) is 23.4 Å². The predicted octanol–water partition coefficient (Wildman–Crippen LogP) is 4.49. The number of hydrogen-bond donors (Lipinski definition) is 1. The van der Waals surface area contributed by atoms with Crippen LogP contribution < -0.4 is 5.73 Å². The zero-order chi connectivity index (χ0) is 13.3. The van der Waals surface area contributed by atoms with Gasteiger partial charge in [-0.2, -0.15) is 0 Å². The fraction of sp³-hybridized carbons (Fsp3) is 0. The van der Waals surface area contributed by atoms with Gasteiger partial charge in [0.1, 0.15) is 5.82 Å². The van der Waals surface area contributed by atoms with E-state index in [2.05, 4.69) is 0 Å². The summed E-state index contributed by atoms with van der Waals surface area (Å²) in [7, 11) is 0. The molecule has 2 aromatic carbocycles. The fourth-order valence-electron chi connectivity index (χ4n) is 1.30. The van der Waals surface area contributed by atoms with Crippen LogP contribution in [0.15, 0.2) is 40.1 Å². The highest BCUT2D eigenvalue weighted by atomic mass is 35.5. The lowest BCUT2D eigenvalue weighted by Crippen LogP contribution is -1.91. The van der Waals surface area contributed by atoms with E-state index >= 15 is 0 Å². The van der Waals surface area contributed by atoms with Crippen LogP contribution in [0.3, 0.4) is 0 Å². The Labute approximate surface area is 111 Å². The SMILES string of the molecule is Nc1cc(Cl)c(F)cc1Sc1ccc(F)c(F)c1. The number of rotatable bonds is 2. The number of nitrogens with two attached hydrogens (primary N) is 1. The number of halogens is 4. The minimum atomic E-state index is -0.965. The third kappa shape index (κ3) is 2.73. The Morgan fingerprint density at radius 2 is 1.67 bits per heavy atom. The summed E-state index contributed by atoms with van der Waals surface area (Å²) in [6.45, 7) is 0. The molecule has 0 heterocycles. The molecule has 0 bridgehead atoms. The van der Waals surface area contributed by atoms with Crippen molar-refractivity contribution >= 4 is 29.1 Å². The summed E-state index contributed by atoms with van der Waals surface area (Å²) in [6, 6.07) is 5.84. The van der Waals surface area contributed by atoms with Crippen LogP contribution in [0.4, 0.5) is 18.9 Å². The Hall–Kier alpha value is -1.33. The molecule has 0 aliphatic rings. The summed E-state index contributed by atoms with van der Waals surface area (Å²) in [4.78, 5) is 0.810. The standard InChI is InChI=1S/C12H7ClF3NS/c13-7-4-11(17)12(5-9(7)15)18-6-1-2-8(14)10(16)3-6/h1-5H,17H2. The van der Waals surface area contributed by atoms with Crippen LogP contribution in [0.25, 0.3) is 0 Å². The third-order valence-electron chi connectivity index (χ3n) is 2.17. The van der Waals surface area contributed by atoms with E-state index in [1.54, 1.807) is 0 Å². The molecule has 2 N–H and O–H groups in total. The second kappa shape index (κ2) is 5.12. The first kappa shape index (κ1) is 13.1. The van der Waals surface area contributed by atoms with E-state index in [9.17, 15) is 13.2 Å². The average molecular weight is 290 g/mol. The molecular weight excluding hydrogens is 283 g/mol. The molecule has 0 spiro atoms. The highest BCUT2D eigenvalue weighted by Crippen LogP contribution is 2.35. The number of hydrogen-bond acceptors (Lipinski definition) is 2. The summed E-state index contributed by atoms with van der Waals surface area (Å²) in [6.07, 6.45) is 0. The molecule has 0 radical (unpaired) electrons. The van der Waals surface area contributed by atoms with Crippen molar-refractivity contribution in [1.82, 2.24) is 0 Å². The molecule has 0 atom stereocenters. The van der Waals surface area contributed by atoms with Crippen molar-refractivity contribution in [2.24, 2.45) is 0 Å². The first-order valence-corrected chi connectivity index (χ1v) is 6.04. The molecule has 2 aromatic rings. The molecule has 18 heavy (non-hydrogen) atoms. The predicted molar refractivity (Wildman–Crippen MR) is 66.3 cm³/mol. The molecule has 1 nitrogen and oxygen atoms in total. The molecule has 0 aromatic heterocycles. The minimum absolute atomic E-state index is 0.0814. The van der Waals surface area contributed by atoms with Crippen LogP contribution in [-0.2, 0) is 0 Å². The van der Waals surface area contributed by atoms with E-state index in [1.807, 2.05) is 0 Å². The molecular formula is C12H7ClF3NS. The first-order chi connectivity index (χ1) is 8.47. The maximum Gasteiger partial charge on any atom is 0.159 e. The summed E-state index contributed by atoms with van der Waals surface area (Å²) in [5.74, 6) is -2.52. The van der Waals surface area contributed by atoms with Gasteiger partial charge in [-0.15, -0.1) is 0 Å². The van der Waals surface area contributed by atoms with Crippen LogP contribution in [0.1, 0.15) is 0 Å². The normalized spacial score (nSPS) is 10.7.